The second kappa shape index (κ2) is 9.20. The fourth-order valence-corrected chi connectivity index (χ4v) is 4.23. The number of ether oxygens (including phenoxy) is 1. The summed E-state index contributed by atoms with van der Waals surface area (Å²) < 4.78 is 5.11. The number of piperazine rings is 1. The van der Waals surface area contributed by atoms with E-state index in [1.165, 1.54) is 0 Å². The average molecular weight is 421 g/mol. The Kier molecular flexibility index (Phi) is 6.21. The zero-order valence-corrected chi connectivity index (χ0v) is 17.7. The Bertz CT molecular complexity index is 954. The van der Waals surface area contributed by atoms with Gasteiger partial charge in [0, 0.05) is 44.7 Å². The van der Waals surface area contributed by atoms with E-state index in [1.54, 1.807) is 11.8 Å². The van der Waals surface area contributed by atoms with Crippen LogP contribution >= 0.6 is 0 Å². The summed E-state index contributed by atoms with van der Waals surface area (Å²) in [6.45, 7) is 5.00. The number of hydrogen-bond donors (Lipinski definition) is 0. The maximum Gasteiger partial charge on any atom is 0.311 e. The molecule has 2 aromatic rings. The van der Waals surface area contributed by atoms with Gasteiger partial charge < -0.3 is 19.4 Å². The van der Waals surface area contributed by atoms with Gasteiger partial charge in [0.15, 0.2) is 0 Å². The molecule has 4 rings (SSSR count). The van der Waals surface area contributed by atoms with E-state index in [0.29, 0.717) is 44.9 Å². The molecule has 0 N–H and O–H groups in total. The van der Waals surface area contributed by atoms with Crippen LogP contribution < -0.4 is 9.80 Å². The van der Waals surface area contributed by atoms with E-state index in [4.69, 9.17) is 4.74 Å². The summed E-state index contributed by atoms with van der Waals surface area (Å²) in [5.41, 5.74) is 2.46. The molecule has 7 nitrogen and oxygen atoms in total. The first kappa shape index (κ1) is 20.9. The predicted molar refractivity (Wildman–Crippen MR) is 118 cm³/mol. The highest BCUT2D eigenvalue weighted by molar-refractivity contribution is 6.02. The van der Waals surface area contributed by atoms with Crippen LogP contribution in [0.15, 0.2) is 54.6 Å². The minimum atomic E-state index is -0.430. The Balaban J connectivity index is 1.46. The van der Waals surface area contributed by atoms with Crippen molar-refractivity contribution < 1.29 is 19.1 Å². The first-order valence-corrected chi connectivity index (χ1v) is 10.7. The zero-order chi connectivity index (χ0) is 21.8. The van der Waals surface area contributed by atoms with Crippen LogP contribution in [0.25, 0.3) is 0 Å². The molecule has 0 bridgehead atoms. The number of esters is 1. The highest BCUT2D eigenvalue weighted by Crippen LogP contribution is 2.34. The number of carbonyl (C=O) groups is 3. The molecule has 0 saturated carbocycles. The number of nitrogens with zero attached hydrogens (tertiary/aromatic N) is 3. The summed E-state index contributed by atoms with van der Waals surface area (Å²) in [5, 5.41) is 0. The van der Waals surface area contributed by atoms with Crippen molar-refractivity contribution in [3.63, 3.8) is 0 Å². The number of carbonyl (C=O) groups excluding carboxylic acids is 3. The van der Waals surface area contributed by atoms with Crippen molar-refractivity contribution in [3.8, 4) is 0 Å². The number of hydrogen-bond acceptors (Lipinski definition) is 5. The average Bonchev–Trinajstić information content (AvgIpc) is 3.21. The lowest BCUT2D eigenvalue weighted by Gasteiger charge is -2.37. The summed E-state index contributed by atoms with van der Waals surface area (Å²) in [7, 11) is 0. The molecule has 31 heavy (non-hydrogen) atoms. The molecule has 1 atom stereocenters. The normalized spacial score (nSPS) is 18.9. The van der Waals surface area contributed by atoms with E-state index in [-0.39, 0.29) is 24.2 Å². The van der Waals surface area contributed by atoms with Crippen LogP contribution in [0, 0.1) is 5.92 Å². The quantitative estimate of drug-likeness (QED) is 0.694. The maximum atomic E-state index is 12.7. The first-order chi connectivity index (χ1) is 15.1. The minimum absolute atomic E-state index is 0.0422. The Hall–Kier alpha value is -3.35. The van der Waals surface area contributed by atoms with Crippen molar-refractivity contribution in [3.05, 3.63) is 60.2 Å². The monoisotopic (exact) mass is 421 g/mol. The standard InChI is InChI=1S/C24H27N3O4/c1-2-31-24(30)19-16-22(28)27(17-19)21-11-7-6-10-20(21)25-12-14-26(15-13-25)23(29)18-8-4-3-5-9-18/h3-11,19H,2,12-17H2,1H3/t19-/m1/s1. The number of rotatable bonds is 5. The lowest BCUT2D eigenvalue weighted by atomic mass is 10.1. The van der Waals surface area contributed by atoms with Gasteiger partial charge in [0.25, 0.3) is 5.91 Å². The van der Waals surface area contributed by atoms with Gasteiger partial charge in [-0.15, -0.1) is 0 Å². The molecule has 2 aromatic carbocycles. The molecule has 2 amide bonds. The molecule has 0 spiro atoms. The summed E-state index contributed by atoms with van der Waals surface area (Å²) in [6, 6.07) is 17.1. The molecule has 2 fully saturated rings. The molecule has 0 unspecified atom stereocenters. The molecule has 0 aliphatic carbocycles. The Labute approximate surface area is 182 Å². The van der Waals surface area contributed by atoms with Gasteiger partial charge in [0.05, 0.1) is 23.9 Å². The molecule has 2 saturated heterocycles. The van der Waals surface area contributed by atoms with Crippen molar-refractivity contribution in [2.75, 3.05) is 49.1 Å². The highest BCUT2D eigenvalue weighted by atomic mass is 16.5. The van der Waals surface area contributed by atoms with Gasteiger partial charge in [0.2, 0.25) is 5.91 Å². The van der Waals surface area contributed by atoms with Crippen LogP contribution in [0.2, 0.25) is 0 Å². The lowest BCUT2D eigenvalue weighted by Crippen LogP contribution is -2.49. The minimum Gasteiger partial charge on any atom is -0.466 e. The Morgan fingerprint density at radius 2 is 1.58 bits per heavy atom. The van der Waals surface area contributed by atoms with Gasteiger partial charge in [-0.3, -0.25) is 14.4 Å². The molecular weight excluding hydrogens is 394 g/mol. The molecule has 2 aliphatic rings. The number of benzene rings is 2. The summed E-state index contributed by atoms with van der Waals surface area (Å²) in [6.07, 6.45) is 0.173. The SMILES string of the molecule is CCOC(=O)[C@@H]1CC(=O)N(c2ccccc2N2CCN(C(=O)c3ccccc3)CC2)C1. The van der Waals surface area contributed by atoms with Gasteiger partial charge in [-0.1, -0.05) is 30.3 Å². The van der Waals surface area contributed by atoms with Gasteiger partial charge in [0.1, 0.15) is 0 Å². The number of amides is 2. The van der Waals surface area contributed by atoms with E-state index in [9.17, 15) is 14.4 Å². The Morgan fingerprint density at radius 1 is 0.935 bits per heavy atom. The van der Waals surface area contributed by atoms with Gasteiger partial charge in [-0.05, 0) is 31.2 Å². The second-order valence-corrected chi connectivity index (χ2v) is 7.79. The lowest BCUT2D eigenvalue weighted by molar-refractivity contribution is -0.147. The van der Waals surface area contributed by atoms with E-state index in [2.05, 4.69) is 4.90 Å². The summed E-state index contributed by atoms with van der Waals surface area (Å²) in [5.74, 6) is -0.770. The van der Waals surface area contributed by atoms with Crippen LogP contribution in [0.1, 0.15) is 23.7 Å². The van der Waals surface area contributed by atoms with Crippen molar-refractivity contribution in [1.82, 2.24) is 4.90 Å². The molecule has 2 heterocycles. The van der Waals surface area contributed by atoms with Crippen LogP contribution in [0.4, 0.5) is 11.4 Å². The van der Waals surface area contributed by atoms with E-state index < -0.39 is 5.92 Å². The Morgan fingerprint density at radius 3 is 2.26 bits per heavy atom. The first-order valence-electron chi connectivity index (χ1n) is 10.7. The molecule has 0 aromatic heterocycles. The third-order valence-electron chi connectivity index (χ3n) is 5.85. The number of para-hydroxylation sites is 2. The van der Waals surface area contributed by atoms with Gasteiger partial charge in [-0.25, -0.2) is 0 Å². The third kappa shape index (κ3) is 4.40. The fraction of sp³-hybridized carbons (Fsp3) is 0.375. The largest absolute Gasteiger partial charge is 0.466 e. The molecule has 7 heteroatoms. The smallest absolute Gasteiger partial charge is 0.311 e. The van der Waals surface area contributed by atoms with E-state index in [0.717, 1.165) is 11.4 Å². The van der Waals surface area contributed by atoms with Crippen molar-refractivity contribution in [1.29, 1.82) is 0 Å². The van der Waals surface area contributed by atoms with Crippen molar-refractivity contribution >= 4 is 29.2 Å². The second-order valence-electron chi connectivity index (χ2n) is 7.79. The molecule has 162 valence electrons. The zero-order valence-electron chi connectivity index (χ0n) is 17.7. The van der Waals surface area contributed by atoms with Crippen molar-refractivity contribution in [2.45, 2.75) is 13.3 Å². The van der Waals surface area contributed by atoms with Gasteiger partial charge >= 0.3 is 5.97 Å². The van der Waals surface area contributed by atoms with E-state index >= 15 is 0 Å². The molecule has 0 radical (unpaired) electrons. The predicted octanol–water partition coefficient (Wildman–Crippen LogP) is 2.57. The van der Waals surface area contributed by atoms with Crippen LogP contribution in [-0.2, 0) is 14.3 Å². The van der Waals surface area contributed by atoms with Crippen LogP contribution in [0.3, 0.4) is 0 Å². The maximum absolute atomic E-state index is 12.7. The van der Waals surface area contributed by atoms with Crippen LogP contribution in [0.5, 0.6) is 0 Å². The third-order valence-corrected chi connectivity index (χ3v) is 5.85. The highest BCUT2D eigenvalue weighted by Gasteiger charge is 2.37. The van der Waals surface area contributed by atoms with Gasteiger partial charge in [-0.2, -0.15) is 0 Å². The molecular formula is C24H27N3O4. The fourth-order valence-electron chi connectivity index (χ4n) is 4.23. The summed E-state index contributed by atoms with van der Waals surface area (Å²) in [4.78, 5) is 43.3. The van der Waals surface area contributed by atoms with E-state index in [1.807, 2.05) is 59.5 Å². The summed E-state index contributed by atoms with van der Waals surface area (Å²) >= 11 is 0. The topological polar surface area (TPSA) is 70.2 Å². The number of anilines is 2. The van der Waals surface area contributed by atoms with Crippen LogP contribution in [-0.4, -0.2) is 62.0 Å². The molecule has 2 aliphatic heterocycles. The van der Waals surface area contributed by atoms with Crippen molar-refractivity contribution in [2.24, 2.45) is 5.92 Å².